The van der Waals surface area contributed by atoms with Gasteiger partial charge in [-0.05, 0) is 6.92 Å². The lowest BCUT2D eigenvalue weighted by Crippen LogP contribution is -2.62. The molecule has 0 aliphatic rings. The summed E-state index contributed by atoms with van der Waals surface area (Å²) in [6, 6.07) is -2.23. The van der Waals surface area contributed by atoms with Gasteiger partial charge in [0.25, 0.3) is 16.8 Å². The SMILES string of the molecule is Cc1cc(C(O)(C(F)(F)F)C(F)(F)F)c(C(O)(C(F)(F)F)C(F)(F)F)c(C(O)(C(F)(F)F)C(F)(F)F)c1. The topological polar surface area (TPSA) is 60.7 Å². The zero-order valence-electron chi connectivity index (χ0n) is 16.8. The van der Waals surface area contributed by atoms with E-state index < -0.39 is 88.2 Å². The molecule has 0 aliphatic heterocycles. The van der Waals surface area contributed by atoms with Crippen molar-refractivity contribution < 1.29 is 94.3 Å². The number of hydrogen-bond donors (Lipinski definition) is 3. The Balaban J connectivity index is 4.91. The van der Waals surface area contributed by atoms with E-state index in [9.17, 15) is 94.3 Å². The highest BCUT2D eigenvalue weighted by atomic mass is 19.4. The fourth-order valence-corrected chi connectivity index (χ4v) is 3.12. The number of benzene rings is 1. The average Bonchev–Trinajstić information content (AvgIpc) is 2.59. The first-order valence-corrected chi connectivity index (χ1v) is 8.48. The molecule has 1 aromatic carbocycles. The van der Waals surface area contributed by atoms with Crippen LogP contribution in [0.2, 0.25) is 0 Å². The molecule has 0 spiro atoms. The Kier molecular flexibility index (Phi) is 7.48. The van der Waals surface area contributed by atoms with Crippen LogP contribution in [0.3, 0.4) is 0 Å². The lowest BCUT2D eigenvalue weighted by molar-refractivity contribution is -0.393. The van der Waals surface area contributed by atoms with E-state index in [1.165, 1.54) is 0 Å². The van der Waals surface area contributed by atoms with Crippen LogP contribution in [0.1, 0.15) is 22.3 Å². The zero-order valence-corrected chi connectivity index (χ0v) is 16.8. The first-order chi connectivity index (χ1) is 15.7. The molecule has 0 saturated carbocycles. The van der Waals surface area contributed by atoms with E-state index in [0.717, 1.165) is 0 Å². The van der Waals surface area contributed by atoms with E-state index in [1.807, 2.05) is 0 Å². The van der Waals surface area contributed by atoms with Gasteiger partial charge in [0.05, 0.1) is 0 Å². The largest absolute Gasteiger partial charge is 0.430 e. The van der Waals surface area contributed by atoms with Gasteiger partial charge in [0.1, 0.15) is 0 Å². The number of alkyl halides is 18. The van der Waals surface area contributed by atoms with Gasteiger partial charge in [-0.1, -0.05) is 17.7 Å². The maximum Gasteiger partial charge on any atom is 0.430 e. The smallest absolute Gasteiger partial charge is 0.369 e. The van der Waals surface area contributed by atoms with E-state index in [1.54, 1.807) is 0 Å². The minimum Gasteiger partial charge on any atom is -0.369 e. The van der Waals surface area contributed by atoms with Crippen LogP contribution in [-0.2, 0) is 16.8 Å². The molecular formula is C16H8F18O3. The third-order valence-electron chi connectivity index (χ3n) is 4.89. The summed E-state index contributed by atoms with van der Waals surface area (Å²) in [5.74, 6) is 0. The standard InChI is InChI=1S/C16H8F18O3/c1-4-2-5(8(35,11(17,18)19)12(20,21)22)7(10(37,15(29,30)31)16(32,33)34)6(3-4)9(36,13(23,24)25)14(26,27)28/h2-3,35-37H,1H3. The summed E-state index contributed by atoms with van der Waals surface area (Å²) in [6.07, 6.45) is -45.4. The molecule has 1 aromatic rings. The summed E-state index contributed by atoms with van der Waals surface area (Å²) in [4.78, 5) is 0. The number of hydrogen-bond acceptors (Lipinski definition) is 3. The highest BCUT2D eigenvalue weighted by Crippen LogP contribution is 2.61. The molecule has 0 saturated heterocycles. The molecule has 216 valence electrons. The lowest BCUT2D eigenvalue weighted by atomic mass is 9.72. The minimum atomic E-state index is -7.71. The Labute approximate surface area is 190 Å². The highest BCUT2D eigenvalue weighted by Gasteiger charge is 2.80. The average molecular weight is 590 g/mol. The van der Waals surface area contributed by atoms with E-state index in [0.29, 0.717) is 0 Å². The van der Waals surface area contributed by atoms with Crippen LogP contribution in [0, 0.1) is 6.92 Å². The maximum atomic E-state index is 13.5. The molecule has 0 unspecified atom stereocenters. The molecule has 0 bridgehead atoms. The van der Waals surface area contributed by atoms with Gasteiger partial charge in [-0.2, -0.15) is 79.0 Å². The van der Waals surface area contributed by atoms with Crippen molar-refractivity contribution in [2.75, 3.05) is 0 Å². The van der Waals surface area contributed by atoms with Crippen LogP contribution in [0.15, 0.2) is 12.1 Å². The fraction of sp³-hybridized carbons (Fsp3) is 0.625. The van der Waals surface area contributed by atoms with Gasteiger partial charge in [0, 0.05) is 16.7 Å². The normalized spacial score (nSPS) is 15.8. The molecule has 0 heterocycles. The summed E-state index contributed by atoms with van der Waals surface area (Å²) in [5.41, 5.74) is -35.7. The van der Waals surface area contributed by atoms with Crippen LogP contribution in [0.4, 0.5) is 79.0 Å². The lowest BCUT2D eigenvalue weighted by Gasteiger charge is -2.43. The van der Waals surface area contributed by atoms with Gasteiger partial charge in [0.2, 0.25) is 0 Å². The van der Waals surface area contributed by atoms with Crippen molar-refractivity contribution in [3.63, 3.8) is 0 Å². The Bertz CT molecular complexity index is 904. The van der Waals surface area contributed by atoms with Crippen molar-refractivity contribution in [1.29, 1.82) is 0 Å². The summed E-state index contributed by atoms with van der Waals surface area (Å²) < 4.78 is 241. The second-order valence-corrected chi connectivity index (χ2v) is 7.35. The summed E-state index contributed by atoms with van der Waals surface area (Å²) in [5, 5.41) is 28.3. The third-order valence-corrected chi connectivity index (χ3v) is 4.89. The van der Waals surface area contributed by atoms with Gasteiger partial charge < -0.3 is 15.3 Å². The second kappa shape index (κ2) is 8.42. The molecular weight excluding hydrogens is 582 g/mol. The molecule has 0 radical (unpaired) electrons. The van der Waals surface area contributed by atoms with Crippen LogP contribution < -0.4 is 0 Å². The van der Waals surface area contributed by atoms with Crippen molar-refractivity contribution in [1.82, 2.24) is 0 Å². The van der Waals surface area contributed by atoms with E-state index >= 15 is 0 Å². The van der Waals surface area contributed by atoms with Crippen molar-refractivity contribution in [3.8, 4) is 0 Å². The second-order valence-electron chi connectivity index (χ2n) is 7.35. The monoisotopic (exact) mass is 590 g/mol. The first-order valence-electron chi connectivity index (χ1n) is 8.48. The summed E-state index contributed by atoms with van der Waals surface area (Å²) in [6.45, 7) is -0.00263. The van der Waals surface area contributed by atoms with Crippen molar-refractivity contribution in [2.24, 2.45) is 0 Å². The number of halogens is 18. The van der Waals surface area contributed by atoms with Crippen LogP contribution in [0.25, 0.3) is 0 Å². The molecule has 1 rings (SSSR count). The van der Waals surface area contributed by atoms with Crippen LogP contribution >= 0.6 is 0 Å². The Hall–Kier alpha value is -2.16. The van der Waals surface area contributed by atoms with E-state index in [2.05, 4.69) is 0 Å². The molecule has 21 heteroatoms. The summed E-state index contributed by atoms with van der Waals surface area (Å²) in [7, 11) is 0. The van der Waals surface area contributed by atoms with Gasteiger partial charge in [0.15, 0.2) is 0 Å². The number of aliphatic hydroxyl groups is 3. The van der Waals surface area contributed by atoms with Crippen molar-refractivity contribution in [3.05, 3.63) is 34.4 Å². The predicted molar refractivity (Wildman–Crippen MR) is 79.2 cm³/mol. The fourth-order valence-electron chi connectivity index (χ4n) is 3.12. The number of rotatable bonds is 3. The highest BCUT2D eigenvalue weighted by molar-refractivity contribution is 5.52. The maximum absolute atomic E-state index is 13.5. The minimum absolute atomic E-state index is 0.00263. The molecule has 0 atom stereocenters. The van der Waals surface area contributed by atoms with E-state index in [4.69, 9.17) is 0 Å². The van der Waals surface area contributed by atoms with Crippen molar-refractivity contribution in [2.45, 2.75) is 60.8 Å². The Morgan fingerprint density at radius 3 is 0.757 bits per heavy atom. The Morgan fingerprint density at radius 1 is 0.405 bits per heavy atom. The van der Waals surface area contributed by atoms with Gasteiger partial charge >= 0.3 is 37.1 Å². The van der Waals surface area contributed by atoms with Crippen molar-refractivity contribution >= 4 is 0 Å². The quantitative estimate of drug-likeness (QED) is 0.383. The molecule has 37 heavy (non-hydrogen) atoms. The van der Waals surface area contributed by atoms with Gasteiger partial charge in [-0.3, -0.25) is 0 Å². The molecule has 3 N–H and O–H groups in total. The van der Waals surface area contributed by atoms with Gasteiger partial charge in [-0.25, -0.2) is 0 Å². The van der Waals surface area contributed by atoms with Crippen LogP contribution in [-0.4, -0.2) is 52.4 Å². The summed E-state index contributed by atoms with van der Waals surface area (Å²) >= 11 is 0. The molecule has 0 aromatic heterocycles. The van der Waals surface area contributed by atoms with Gasteiger partial charge in [-0.15, -0.1) is 0 Å². The van der Waals surface area contributed by atoms with Crippen LogP contribution in [0.5, 0.6) is 0 Å². The third kappa shape index (κ3) is 4.66. The Morgan fingerprint density at radius 2 is 0.595 bits per heavy atom. The number of aryl methyl sites for hydroxylation is 1. The molecule has 3 nitrogen and oxygen atoms in total. The molecule has 0 amide bonds. The predicted octanol–water partition coefficient (Wildman–Crippen LogP) is 5.93. The zero-order chi connectivity index (χ0) is 30.2. The molecule has 0 aliphatic carbocycles. The van der Waals surface area contributed by atoms with E-state index in [-0.39, 0.29) is 6.92 Å². The molecule has 0 fully saturated rings. The first kappa shape index (κ1) is 32.9.